The van der Waals surface area contributed by atoms with Gasteiger partial charge in [0.1, 0.15) is 0 Å². The molecule has 2 aromatic rings. The van der Waals surface area contributed by atoms with E-state index in [1.165, 1.54) is 0 Å². The first-order chi connectivity index (χ1) is 13.9. The molecule has 1 saturated heterocycles. The summed E-state index contributed by atoms with van der Waals surface area (Å²) in [6, 6.07) is 16.1. The van der Waals surface area contributed by atoms with E-state index in [1.54, 1.807) is 6.08 Å². The Hall–Kier alpha value is -2.49. The third-order valence-corrected chi connectivity index (χ3v) is 6.02. The van der Waals surface area contributed by atoms with Crippen LogP contribution < -0.4 is 0 Å². The second-order valence-corrected chi connectivity index (χ2v) is 7.97. The van der Waals surface area contributed by atoms with Gasteiger partial charge < -0.3 is 10.0 Å². The molecule has 3 rings (SSSR count). The van der Waals surface area contributed by atoms with Crippen LogP contribution in [0.4, 0.5) is 0 Å². The van der Waals surface area contributed by atoms with Crippen LogP contribution >= 0.6 is 0 Å². The molecule has 29 heavy (non-hydrogen) atoms. The molecule has 0 saturated carbocycles. The molecule has 0 radical (unpaired) electrons. The summed E-state index contributed by atoms with van der Waals surface area (Å²) in [5.74, 6) is -0.500. The lowest BCUT2D eigenvalue weighted by molar-refractivity contribution is -0.129. The van der Waals surface area contributed by atoms with E-state index in [2.05, 4.69) is 24.8 Å². The fraction of sp³-hybridized carbons (Fsp3) is 0.346. The fourth-order valence-corrected chi connectivity index (χ4v) is 3.91. The summed E-state index contributed by atoms with van der Waals surface area (Å²) >= 11 is 0. The van der Waals surface area contributed by atoms with Gasteiger partial charge in [0.2, 0.25) is 0 Å². The number of nitrogens with zero attached hydrogens (tertiary/aromatic N) is 1. The van der Waals surface area contributed by atoms with Gasteiger partial charge in [-0.3, -0.25) is 4.79 Å². The van der Waals surface area contributed by atoms with Crippen LogP contribution in [0.3, 0.4) is 0 Å². The van der Waals surface area contributed by atoms with E-state index in [9.17, 15) is 9.90 Å². The number of rotatable bonds is 6. The first-order valence-corrected chi connectivity index (χ1v) is 10.4. The number of aryl methyl sites for hydroxylation is 2. The van der Waals surface area contributed by atoms with Crippen molar-refractivity contribution in [2.75, 3.05) is 19.6 Å². The molecule has 0 amide bonds. The molecule has 1 heterocycles. The second kappa shape index (κ2) is 9.34. The topological polar surface area (TPSA) is 40.5 Å². The number of ketones is 1. The van der Waals surface area contributed by atoms with Gasteiger partial charge in [0.05, 0.1) is 11.5 Å². The molecular weight excluding hydrogens is 358 g/mol. The molecule has 3 heteroatoms. The molecule has 2 atom stereocenters. The summed E-state index contributed by atoms with van der Waals surface area (Å²) in [6.45, 7) is 8.42. The molecule has 1 aliphatic heterocycles. The van der Waals surface area contributed by atoms with Gasteiger partial charge in [0, 0.05) is 13.1 Å². The molecule has 0 unspecified atom stereocenters. The standard InChI is InChI=1S/C26H31NO2/c1-4-27-18-17-26(29,16-15-23-12-8-6-10-21(23)3)24(19-27)25(28)14-13-22-11-7-5-9-20(22)2/h5-16,24,29H,4,17-19H2,1-3H3/b14-13-,16-15+/t24-,26+/m0/s1. The van der Waals surface area contributed by atoms with Crippen LogP contribution in [0.15, 0.2) is 60.7 Å². The van der Waals surface area contributed by atoms with Gasteiger partial charge in [-0.1, -0.05) is 73.7 Å². The van der Waals surface area contributed by atoms with Crippen LogP contribution in [0.5, 0.6) is 0 Å². The minimum absolute atomic E-state index is 0.0247. The van der Waals surface area contributed by atoms with Crippen molar-refractivity contribution < 1.29 is 9.90 Å². The SMILES string of the molecule is CCN1CC[C@](O)(/C=C/c2ccccc2C)[C@H](C(=O)/C=C\c2ccccc2C)C1. The van der Waals surface area contributed by atoms with Gasteiger partial charge in [0.15, 0.2) is 5.78 Å². The monoisotopic (exact) mass is 389 g/mol. The summed E-state index contributed by atoms with van der Waals surface area (Å²) < 4.78 is 0. The highest BCUT2D eigenvalue weighted by Crippen LogP contribution is 2.32. The number of aliphatic hydroxyl groups is 1. The second-order valence-electron chi connectivity index (χ2n) is 7.97. The molecule has 0 aromatic heterocycles. The van der Waals surface area contributed by atoms with E-state index >= 15 is 0 Å². The number of allylic oxidation sites excluding steroid dienone is 1. The number of hydrogen-bond donors (Lipinski definition) is 1. The Bertz CT molecular complexity index is 914. The van der Waals surface area contributed by atoms with Crippen LogP contribution in [0.25, 0.3) is 12.2 Å². The molecular formula is C26H31NO2. The van der Waals surface area contributed by atoms with Gasteiger partial charge in [-0.05, 0) is 55.1 Å². The minimum Gasteiger partial charge on any atom is -0.385 e. The van der Waals surface area contributed by atoms with Crippen molar-refractivity contribution >= 4 is 17.9 Å². The average molecular weight is 390 g/mol. The minimum atomic E-state index is -1.14. The van der Waals surface area contributed by atoms with Crippen LogP contribution in [0, 0.1) is 19.8 Å². The third kappa shape index (κ3) is 5.11. The quantitative estimate of drug-likeness (QED) is 0.730. The van der Waals surface area contributed by atoms with E-state index in [-0.39, 0.29) is 5.78 Å². The maximum Gasteiger partial charge on any atom is 0.163 e. The normalized spacial score (nSPS) is 23.1. The number of carbonyl (C=O) groups is 1. The third-order valence-electron chi connectivity index (χ3n) is 6.02. The molecule has 3 nitrogen and oxygen atoms in total. The smallest absolute Gasteiger partial charge is 0.163 e. The Morgan fingerprint density at radius 2 is 1.66 bits per heavy atom. The number of piperidine rings is 1. The lowest BCUT2D eigenvalue weighted by Gasteiger charge is -2.41. The Morgan fingerprint density at radius 1 is 1.07 bits per heavy atom. The fourth-order valence-electron chi connectivity index (χ4n) is 3.91. The largest absolute Gasteiger partial charge is 0.385 e. The predicted octanol–water partition coefficient (Wildman–Crippen LogP) is 4.67. The molecule has 0 aliphatic carbocycles. The predicted molar refractivity (Wildman–Crippen MR) is 121 cm³/mol. The van der Waals surface area contributed by atoms with Crippen LogP contribution in [0.1, 0.15) is 35.6 Å². The van der Waals surface area contributed by atoms with Gasteiger partial charge in [0.25, 0.3) is 0 Å². The van der Waals surface area contributed by atoms with Crippen molar-refractivity contribution in [2.45, 2.75) is 32.8 Å². The Balaban J connectivity index is 1.85. The van der Waals surface area contributed by atoms with E-state index in [0.29, 0.717) is 13.0 Å². The van der Waals surface area contributed by atoms with E-state index in [1.807, 2.05) is 67.6 Å². The van der Waals surface area contributed by atoms with Crippen LogP contribution in [-0.4, -0.2) is 41.0 Å². The molecule has 0 spiro atoms. The van der Waals surface area contributed by atoms with Gasteiger partial charge in [-0.25, -0.2) is 0 Å². The first kappa shape index (κ1) is 21.2. The lowest BCUT2D eigenvalue weighted by atomic mass is 9.77. The van der Waals surface area contributed by atoms with Crippen molar-refractivity contribution in [3.8, 4) is 0 Å². The molecule has 1 N–H and O–H groups in total. The molecule has 152 valence electrons. The maximum absolute atomic E-state index is 13.1. The van der Waals surface area contributed by atoms with Gasteiger partial charge >= 0.3 is 0 Å². The number of hydrogen-bond acceptors (Lipinski definition) is 3. The van der Waals surface area contributed by atoms with E-state index in [4.69, 9.17) is 0 Å². The van der Waals surface area contributed by atoms with Crippen molar-refractivity contribution in [3.63, 3.8) is 0 Å². The number of benzene rings is 2. The highest BCUT2D eigenvalue weighted by molar-refractivity contribution is 5.96. The molecule has 2 aromatic carbocycles. The van der Waals surface area contributed by atoms with Crippen LogP contribution in [0.2, 0.25) is 0 Å². The van der Waals surface area contributed by atoms with Gasteiger partial charge in [-0.2, -0.15) is 0 Å². The van der Waals surface area contributed by atoms with Crippen molar-refractivity contribution in [1.82, 2.24) is 4.90 Å². The average Bonchev–Trinajstić information content (AvgIpc) is 2.73. The van der Waals surface area contributed by atoms with Crippen molar-refractivity contribution in [2.24, 2.45) is 5.92 Å². The zero-order valence-corrected chi connectivity index (χ0v) is 17.6. The van der Waals surface area contributed by atoms with E-state index < -0.39 is 11.5 Å². The van der Waals surface area contributed by atoms with E-state index in [0.717, 1.165) is 35.3 Å². The number of carbonyl (C=O) groups excluding carboxylic acids is 1. The zero-order valence-electron chi connectivity index (χ0n) is 17.6. The zero-order chi connectivity index (χ0) is 20.9. The van der Waals surface area contributed by atoms with Crippen LogP contribution in [-0.2, 0) is 4.79 Å². The summed E-state index contributed by atoms with van der Waals surface area (Å²) in [5, 5.41) is 11.5. The molecule has 1 fully saturated rings. The molecule has 1 aliphatic rings. The van der Waals surface area contributed by atoms with Crippen molar-refractivity contribution in [1.29, 1.82) is 0 Å². The highest BCUT2D eigenvalue weighted by Gasteiger charge is 2.42. The Kier molecular flexibility index (Phi) is 6.83. The first-order valence-electron chi connectivity index (χ1n) is 10.4. The summed E-state index contributed by atoms with van der Waals surface area (Å²) in [5.41, 5.74) is 3.25. The summed E-state index contributed by atoms with van der Waals surface area (Å²) in [7, 11) is 0. The number of likely N-dealkylation sites (tertiary alicyclic amines) is 1. The maximum atomic E-state index is 13.1. The molecule has 0 bridgehead atoms. The Morgan fingerprint density at radius 3 is 2.24 bits per heavy atom. The highest BCUT2D eigenvalue weighted by atomic mass is 16.3. The summed E-state index contributed by atoms with van der Waals surface area (Å²) in [4.78, 5) is 15.4. The Labute approximate surface area is 174 Å². The van der Waals surface area contributed by atoms with Gasteiger partial charge in [-0.15, -0.1) is 0 Å². The summed E-state index contributed by atoms with van der Waals surface area (Å²) in [6.07, 6.45) is 7.86. The van der Waals surface area contributed by atoms with Crippen molar-refractivity contribution in [3.05, 3.63) is 82.9 Å². The lowest BCUT2D eigenvalue weighted by Crippen LogP contribution is -2.53.